The molecular formula is C12H16O. The minimum absolute atomic E-state index is 0.163. The Kier molecular flexibility index (Phi) is 3.24. The van der Waals surface area contributed by atoms with Gasteiger partial charge in [-0.15, -0.1) is 0 Å². The predicted octanol–water partition coefficient (Wildman–Crippen LogP) is 3.09. The molecule has 0 radical (unpaired) electrons. The zero-order chi connectivity index (χ0) is 9.84. The second kappa shape index (κ2) is 4.22. The van der Waals surface area contributed by atoms with E-state index in [1.807, 2.05) is 24.3 Å². The van der Waals surface area contributed by atoms with Crippen molar-refractivity contribution in [3.8, 4) is 0 Å². The van der Waals surface area contributed by atoms with Crippen molar-refractivity contribution in [2.75, 3.05) is 0 Å². The fourth-order valence-corrected chi connectivity index (χ4v) is 1.48. The van der Waals surface area contributed by atoms with Crippen LogP contribution in [0, 0.1) is 5.92 Å². The first-order valence-corrected chi connectivity index (χ1v) is 4.70. The highest BCUT2D eigenvalue weighted by molar-refractivity contribution is 5.95. The highest BCUT2D eigenvalue weighted by Crippen LogP contribution is 2.14. The molecule has 0 aliphatic heterocycles. The van der Waals surface area contributed by atoms with Gasteiger partial charge in [-0.3, -0.25) is 4.79 Å². The van der Waals surface area contributed by atoms with Gasteiger partial charge in [0.05, 0.1) is 0 Å². The number of carbonyl (C=O) groups excluding carboxylic acids is 1. The standard InChI is InChI=1S/C12H16O/c1-9(2)8-11-6-4-5-7-12(11)10(3)13/h4-7,9H,8H2,1-3H3. The summed E-state index contributed by atoms with van der Waals surface area (Å²) in [5.41, 5.74) is 2.04. The maximum absolute atomic E-state index is 11.2. The van der Waals surface area contributed by atoms with Crippen LogP contribution in [0.2, 0.25) is 0 Å². The molecule has 0 atom stereocenters. The van der Waals surface area contributed by atoms with E-state index in [1.165, 1.54) is 5.56 Å². The summed E-state index contributed by atoms with van der Waals surface area (Å²) in [6, 6.07) is 7.85. The number of hydrogen-bond donors (Lipinski definition) is 0. The van der Waals surface area contributed by atoms with Crippen molar-refractivity contribution in [2.45, 2.75) is 27.2 Å². The lowest BCUT2D eigenvalue weighted by atomic mass is 9.96. The van der Waals surface area contributed by atoms with Gasteiger partial charge in [0.1, 0.15) is 0 Å². The zero-order valence-corrected chi connectivity index (χ0v) is 8.50. The van der Waals surface area contributed by atoms with Gasteiger partial charge in [-0.1, -0.05) is 38.1 Å². The van der Waals surface area contributed by atoms with E-state index in [9.17, 15) is 4.79 Å². The van der Waals surface area contributed by atoms with E-state index in [2.05, 4.69) is 13.8 Å². The lowest BCUT2D eigenvalue weighted by Gasteiger charge is -2.08. The summed E-state index contributed by atoms with van der Waals surface area (Å²) in [4.78, 5) is 11.2. The molecule has 0 aliphatic rings. The Balaban J connectivity index is 2.98. The summed E-state index contributed by atoms with van der Waals surface area (Å²) in [6.45, 7) is 5.95. The maximum Gasteiger partial charge on any atom is 0.160 e. The molecule has 0 aromatic heterocycles. The fourth-order valence-electron chi connectivity index (χ4n) is 1.48. The van der Waals surface area contributed by atoms with Crippen LogP contribution in [0.5, 0.6) is 0 Å². The molecule has 1 nitrogen and oxygen atoms in total. The Morgan fingerprint density at radius 3 is 2.46 bits per heavy atom. The van der Waals surface area contributed by atoms with Gasteiger partial charge < -0.3 is 0 Å². The van der Waals surface area contributed by atoms with Gasteiger partial charge in [0.25, 0.3) is 0 Å². The molecule has 70 valence electrons. The average molecular weight is 176 g/mol. The number of carbonyl (C=O) groups is 1. The minimum Gasteiger partial charge on any atom is -0.295 e. The van der Waals surface area contributed by atoms with Crippen molar-refractivity contribution in [2.24, 2.45) is 5.92 Å². The van der Waals surface area contributed by atoms with Gasteiger partial charge in [0.2, 0.25) is 0 Å². The summed E-state index contributed by atoms with van der Waals surface area (Å²) in [5.74, 6) is 0.761. The Labute approximate surface area is 79.8 Å². The Hall–Kier alpha value is -1.11. The second-order valence-electron chi connectivity index (χ2n) is 3.81. The zero-order valence-electron chi connectivity index (χ0n) is 8.50. The smallest absolute Gasteiger partial charge is 0.160 e. The first kappa shape index (κ1) is 9.97. The van der Waals surface area contributed by atoms with Gasteiger partial charge in [-0.05, 0) is 24.8 Å². The Morgan fingerprint density at radius 2 is 1.92 bits per heavy atom. The SMILES string of the molecule is CC(=O)c1ccccc1CC(C)C. The normalized spacial score (nSPS) is 10.5. The molecular weight excluding hydrogens is 160 g/mol. The van der Waals surface area contributed by atoms with Crippen molar-refractivity contribution >= 4 is 5.78 Å². The van der Waals surface area contributed by atoms with Crippen LogP contribution in [-0.4, -0.2) is 5.78 Å². The van der Waals surface area contributed by atoms with Crippen LogP contribution in [0.1, 0.15) is 36.7 Å². The molecule has 1 rings (SSSR count). The highest BCUT2D eigenvalue weighted by Gasteiger charge is 2.06. The quantitative estimate of drug-likeness (QED) is 0.647. The fraction of sp³-hybridized carbons (Fsp3) is 0.417. The highest BCUT2D eigenvalue weighted by atomic mass is 16.1. The van der Waals surface area contributed by atoms with Crippen LogP contribution in [0.25, 0.3) is 0 Å². The monoisotopic (exact) mass is 176 g/mol. The number of hydrogen-bond acceptors (Lipinski definition) is 1. The molecule has 0 heterocycles. The molecule has 0 bridgehead atoms. The van der Waals surface area contributed by atoms with E-state index in [1.54, 1.807) is 6.92 Å². The number of benzene rings is 1. The number of rotatable bonds is 3. The number of Topliss-reactive ketones (excluding diaryl/α,β-unsaturated/α-hetero) is 1. The molecule has 0 unspecified atom stereocenters. The van der Waals surface area contributed by atoms with Crippen LogP contribution in [0.3, 0.4) is 0 Å². The van der Waals surface area contributed by atoms with Crippen LogP contribution in [-0.2, 0) is 6.42 Å². The van der Waals surface area contributed by atoms with Crippen molar-refractivity contribution < 1.29 is 4.79 Å². The summed E-state index contributed by atoms with van der Waals surface area (Å²) < 4.78 is 0. The van der Waals surface area contributed by atoms with Crippen molar-refractivity contribution in [3.63, 3.8) is 0 Å². The van der Waals surface area contributed by atoms with E-state index < -0.39 is 0 Å². The van der Waals surface area contributed by atoms with E-state index in [0.717, 1.165) is 12.0 Å². The van der Waals surface area contributed by atoms with Gasteiger partial charge in [0.15, 0.2) is 5.78 Å². The van der Waals surface area contributed by atoms with E-state index in [4.69, 9.17) is 0 Å². The molecule has 1 aromatic rings. The van der Waals surface area contributed by atoms with E-state index >= 15 is 0 Å². The summed E-state index contributed by atoms with van der Waals surface area (Å²) >= 11 is 0. The molecule has 13 heavy (non-hydrogen) atoms. The number of ketones is 1. The topological polar surface area (TPSA) is 17.1 Å². The largest absolute Gasteiger partial charge is 0.295 e. The third kappa shape index (κ3) is 2.69. The van der Waals surface area contributed by atoms with Crippen molar-refractivity contribution in [1.82, 2.24) is 0 Å². The third-order valence-corrected chi connectivity index (χ3v) is 2.02. The van der Waals surface area contributed by atoms with Crippen LogP contribution < -0.4 is 0 Å². The first-order chi connectivity index (χ1) is 6.11. The molecule has 1 aromatic carbocycles. The lowest BCUT2D eigenvalue weighted by Crippen LogP contribution is -2.02. The lowest BCUT2D eigenvalue weighted by molar-refractivity contribution is 0.101. The molecule has 0 spiro atoms. The van der Waals surface area contributed by atoms with Gasteiger partial charge in [-0.2, -0.15) is 0 Å². The molecule has 1 heteroatoms. The molecule has 0 saturated carbocycles. The molecule has 0 saturated heterocycles. The molecule has 0 fully saturated rings. The van der Waals surface area contributed by atoms with Crippen molar-refractivity contribution in [1.29, 1.82) is 0 Å². The maximum atomic E-state index is 11.2. The second-order valence-corrected chi connectivity index (χ2v) is 3.81. The van der Waals surface area contributed by atoms with Gasteiger partial charge in [-0.25, -0.2) is 0 Å². The first-order valence-electron chi connectivity index (χ1n) is 4.70. The molecule has 0 amide bonds. The Morgan fingerprint density at radius 1 is 1.31 bits per heavy atom. The molecule has 0 N–H and O–H groups in total. The van der Waals surface area contributed by atoms with Crippen LogP contribution in [0.4, 0.5) is 0 Å². The van der Waals surface area contributed by atoms with E-state index in [-0.39, 0.29) is 5.78 Å². The van der Waals surface area contributed by atoms with Crippen LogP contribution >= 0.6 is 0 Å². The Bertz CT molecular complexity index is 300. The van der Waals surface area contributed by atoms with Crippen molar-refractivity contribution in [3.05, 3.63) is 35.4 Å². The average Bonchev–Trinajstić information content (AvgIpc) is 2.03. The molecule has 0 aliphatic carbocycles. The van der Waals surface area contributed by atoms with Gasteiger partial charge in [0, 0.05) is 5.56 Å². The predicted molar refractivity (Wildman–Crippen MR) is 55.0 cm³/mol. The van der Waals surface area contributed by atoms with Crippen LogP contribution in [0.15, 0.2) is 24.3 Å². The van der Waals surface area contributed by atoms with Gasteiger partial charge >= 0.3 is 0 Å². The van der Waals surface area contributed by atoms with E-state index in [0.29, 0.717) is 5.92 Å². The summed E-state index contributed by atoms with van der Waals surface area (Å²) in [7, 11) is 0. The summed E-state index contributed by atoms with van der Waals surface area (Å²) in [5, 5.41) is 0. The summed E-state index contributed by atoms with van der Waals surface area (Å²) in [6.07, 6.45) is 0.982. The third-order valence-electron chi connectivity index (χ3n) is 2.02. The minimum atomic E-state index is 0.163.